The van der Waals surface area contributed by atoms with Crippen LogP contribution in [0.4, 0.5) is 5.69 Å². The molecule has 34 heavy (non-hydrogen) atoms. The van der Waals surface area contributed by atoms with Crippen molar-refractivity contribution in [1.82, 2.24) is 0 Å². The fourth-order valence-electron chi connectivity index (χ4n) is 5.59. The number of amides is 1. The number of halogens is 2. The lowest BCUT2D eigenvalue weighted by molar-refractivity contribution is -0.161. The SMILES string of the molecule is O=C(Nc1ccc(Cl)c(Cl)c1)[C@@H]1[C@H]2C(=O)O[C@@H]3c4ccccc4[C@H](O)[C@@]32O[C@H]1c1ccccc1. The first-order valence-electron chi connectivity index (χ1n) is 10.9. The zero-order chi connectivity index (χ0) is 23.6. The van der Waals surface area contributed by atoms with Gasteiger partial charge in [0.1, 0.15) is 12.0 Å². The van der Waals surface area contributed by atoms with Crippen molar-refractivity contribution in [2.45, 2.75) is 23.9 Å². The predicted molar refractivity (Wildman–Crippen MR) is 125 cm³/mol. The van der Waals surface area contributed by atoms with Crippen LogP contribution in [0.25, 0.3) is 0 Å². The highest BCUT2D eigenvalue weighted by molar-refractivity contribution is 6.42. The van der Waals surface area contributed by atoms with E-state index >= 15 is 0 Å². The Hall–Kier alpha value is -2.90. The second kappa shape index (κ2) is 7.82. The molecule has 8 heteroatoms. The lowest BCUT2D eigenvalue weighted by Crippen LogP contribution is -2.43. The number of aliphatic hydroxyl groups is 1. The second-order valence-electron chi connectivity index (χ2n) is 8.77. The molecule has 172 valence electrons. The summed E-state index contributed by atoms with van der Waals surface area (Å²) < 4.78 is 12.3. The average Bonchev–Trinajstić information content (AvgIpc) is 3.42. The summed E-state index contributed by atoms with van der Waals surface area (Å²) in [5.74, 6) is -2.95. The Labute approximate surface area is 205 Å². The molecule has 6 rings (SSSR count). The van der Waals surface area contributed by atoms with Gasteiger partial charge in [-0.2, -0.15) is 0 Å². The van der Waals surface area contributed by atoms with Crippen molar-refractivity contribution in [1.29, 1.82) is 0 Å². The van der Waals surface area contributed by atoms with Crippen molar-refractivity contribution in [3.8, 4) is 0 Å². The smallest absolute Gasteiger partial charge is 0.313 e. The van der Waals surface area contributed by atoms with E-state index in [0.717, 1.165) is 5.56 Å². The molecule has 2 fully saturated rings. The molecule has 0 radical (unpaired) electrons. The summed E-state index contributed by atoms with van der Waals surface area (Å²) in [6, 6.07) is 21.2. The highest BCUT2D eigenvalue weighted by atomic mass is 35.5. The van der Waals surface area contributed by atoms with Crippen LogP contribution in [-0.2, 0) is 19.1 Å². The van der Waals surface area contributed by atoms with Crippen LogP contribution >= 0.6 is 23.2 Å². The normalized spacial score (nSPS) is 30.9. The van der Waals surface area contributed by atoms with Crippen LogP contribution in [0.1, 0.15) is 35.0 Å². The summed E-state index contributed by atoms with van der Waals surface area (Å²) in [4.78, 5) is 26.9. The van der Waals surface area contributed by atoms with Gasteiger partial charge in [0, 0.05) is 11.3 Å². The summed E-state index contributed by atoms with van der Waals surface area (Å²) in [5, 5.41) is 14.9. The molecule has 6 nitrogen and oxygen atoms in total. The number of nitrogens with one attached hydrogen (secondary N) is 1. The number of aliphatic hydroxyl groups excluding tert-OH is 1. The van der Waals surface area contributed by atoms with E-state index in [0.29, 0.717) is 26.9 Å². The number of anilines is 1. The summed E-state index contributed by atoms with van der Waals surface area (Å²) in [5.41, 5.74) is 1.10. The van der Waals surface area contributed by atoms with Gasteiger partial charge in [0.2, 0.25) is 5.91 Å². The molecule has 3 aromatic rings. The standard InChI is InChI=1S/C26H19Cl2NO5/c27-17-11-10-14(12-18(17)28)29-24(31)19-20-25(32)33-23-16-9-5-4-8-15(16)22(30)26(20,23)34-21(19)13-6-2-1-3-7-13/h1-12,19-23,30H,(H,29,31)/t19-,20+,21+,22+,23-,26-/m1/s1. The van der Waals surface area contributed by atoms with Gasteiger partial charge in [0.25, 0.3) is 0 Å². The van der Waals surface area contributed by atoms with Gasteiger partial charge in [0.15, 0.2) is 11.7 Å². The first kappa shape index (κ1) is 21.6. The quantitative estimate of drug-likeness (QED) is 0.498. The maximum Gasteiger partial charge on any atom is 0.313 e. The van der Waals surface area contributed by atoms with Gasteiger partial charge in [-0.3, -0.25) is 9.59 Å². The van der Waals surface area contributed by atoms with E-state index < -0.39 is 47.6 Å². The number of esters is 1. The Balaban J connectivity index is 1.45. The minimum absolute atomic E-state index is 0.292. The number of carbonyl (C=O) groups excluding carboxylic acids is 2. The van der Waals surface area contributed by atoms with Gasteiger partial charge in [-0.05, 0) is 29.3 Å². The van der Waals surface area contributed by atoms with Crippen molar-refractivity contribution in [2.24, 2.45) is 11.8 Å². The molecule has 0 aromatic heterocycles. The minimum Gasteiger partial charge on any atom is -0.454 e. The van der Waals surface area contributed by atoms with Crippen LogP contribution < -0.4 is 5.32 Å². The lowest BCUT2D eigenvalue weighted by atomic mass is 9.76. The average molecular weight is 496 g/mol. The first-order chi connectivity index (χ1) is 16.4. The predicted octanol–water partition coefficient (Wildman–Crippen LogP) is 5.02. The van der Waals surface area contributed by atoms with E-state index in [1.165, 1.54) is 0 Å². The molecule has 0 saturated carbocycles. The van der Waals surface area contributed by atoms with Gasteiger partial charge in [-0.25, -0.2) is 0 Å². The van der Waals surface area contributed by atoms with Crippen LogP contribution in [0.15, 0.2) is 72.8 Å². The molecule has 1 spiro atoms. The highest BCUT2D eigenvalue weighted by Crippen LogP contribution is 2.67. The second-order valence-corrected chi connectivity index (χ2v) is 9.59. The Morgan fingerprint density at radius 2 is 1.65 bits per heavy atom. The van der Waals surface area contributed by atoms with Gasteiger partial charge in [-0.1, -0.05) is 77.8 Å². The van der Waals surface area contributed by atoms with Gasteiger partial charge in [0.05, 0.1) is 22.1 Å². The van der Waals surface area contributed by atoms with Crippen LogP contribution in [0.5, 0.6) is 0 Å². The molecule has 0 unspecified atom stereocenters. The van der Waals surface area contributed by atoms with Gasteiger partial charge in [-0.15, -0.1) is 0 Å². The molecule has 6 atom stereocenters. The van der Waals surface area contributed by atoms with Crippen LogP contribution in [0, 0.1) is 11.8 Å². The maximum atomic E-state index is 13.7. The van der Waals surface area contributed by atoms with E-state index in [1.807, 2.05) is 48.5 Å². The zero-order valence-electron chi connectivity index (χ0n) is 17.7. The van der Waals surface area contributed by atoms with Crippen molar-refractivity contribution in [3.05, 3.63) is 99.5 Å². The Kier molecular flexibility index (Phi) is 4.97. The maximum absolute atomic E-state index is 13.7. The summed E-state index contributed by atoms with van der Waals surface area (Å²) >= 11 is 12.1. The third-order valence-electron chi connectivity index (χ3n) is 7.02. The molecular formula is C26H19Cl2NO5. The summed E-state index contributed by atoms with van der Waals surface area (Å²) in [6.45, 7) is 0. The van der Waals surface area contributed by atoms with E-state index in [-0.39, 0.29) is 0 Å². The molecule has 2 heterocycles. The van der Waals surface area contributed by atoms with Crippen molar-refractivity contribution in [3.63, 3.8) is 0 Å². The van der Waals surface area contributed by atoms with Crippen LogP contribution in [0.3, 0.4) is 0 Å². The summed E-state index contributed by atoms with van der Waals surface area (Å²) in [6.07, 6.45) is -2.70. The summed E-state index contributed by atoms with van der Waals surface area (Å²) in [7, 11) is 0. The van der Waals surface area contributed by atoms with Crippen molar-refractivity contribution < 1.29 is 24.2 Å². The van der Waals surface area contributed by atoms with E-state index in [4.69, 9.17) is 32.7 Å². The molecule has 1 amide bonds. The van der Waals surface area contributed by atoms with Crippen LogP contribution in [-0.4, -0.2) is 22.6 Å². The highest BCUT2D eigenvalue weighted by Gasteiger charge is 2.75. The number of ether oxygens (including phenoxy) is 2. The third kappa shape index (κ3) is 2.96. The molecule has 2 N–H and O–H groups in total. The fourth-order valence-corrected chi connectivity index (χ4v) is 5.89. The Morgan fingerprint density at radius 1 is 0.941 bits per heavy atom. The molecule has 1 aliphatic carbocycles. The molecule has 3 aliphatic rings. The number of hydrogen-bond acceptors (Lipinski definition) is 5. The van der Waals surface area contributed by atoms with E-state index in [1.54, 1.807) is 24.3 Å². The van der Waals surface area contributed by atoms with E-state index in [2.05, 4.69) is 5.32 Å². The third-order valence-corrected chi connectivity index (χ3v) is 7.76. The number of rotatable bonds is 3. The molecule has 2 saturated heterocycles. The molecular weight excluding hydrogens is 477 g/mol. The molecule has 0 bridgehead atoms. The number of carbonyl (C=O) groups is 2. The van der Waals surface area contributed by atoms with Crippen LogP contribution in [0.2, 0.25) is 10.0 Å². The molecule has 2 aliphatic heterocycles. The Morgan fingerprint density at radius 3 is 2.38 bits per heavy atom. The Bertz CT molecular complexity index is 1320. The topological polar surface area (TPSA) is 84.9 Å². The van der Waals surface area contributed by atoms with Gasteiger partial charge >= 0.3 is 5.97 Å². The van der Waals surface area contributed by atoms with E-state index in [9.17, 15) is 14.7 Å². The minimum atomic E-state index is -1.40. The monoisotopic (exact) mass is 495 g/mol. The lowest BCUT2D eigenvalue weighted by Gasteiger charge is -2.30. The number of benzene rings is 3. The van der Waals surface area contributed by atoms with Crippen molar-refractivity contribution in [2.75, 3.05) is 5.32 Å². The largest absolute Gasteiger partial charge is 0.454 e. The van der Waals surface area contributed by atoms with Crippen molar-refractivity contribution >= 4 is 40.8 Å². The van der Waals surface area contributed by atoms with Gasteiger partial charge < -0.3 is 19.9 Å². The number of fused-ring (bicyclic) bond motifs is 2. The first-order valence-corrected chi connectivity index (χ1v) is 11.6. The fraction of sp³-hybridized carbons (Fsp3) is 0.231. The molecule has 3 aromatic carbocycles. The zero-order valence-corrected chi connectivity index (χ0v) is 19.2. The number of hydrogen-bond donors (Lipinski definition) is 2.